The van der Waals surface area contributed by atoms with Crippen LogP contribution < -0.4 is 10.9 Å². The zero-order chi connectivity index (χ0) is 15.3. The van der Waals surface area contributed by atoms with Gasteiger partial charge in [-0.1, -0.05) is 24.3 Å². The molecule has 1 aliphatic heterocycles. The van der Waals surface area contributed by atoms with Crippen molar-refractivity contribution in [3.63, 3.8) is 0 Å². The Kier molecular flexibility index (Phi) is 3.16. The Bertz CT molecular complexity index is 851. The third-order valence-electron chi connectivity index (χ3n) is 4.46. The first-order valence-corrected chi connectivity index (χ1v) is 7.96. The van der Waals surface area contributed by atoms with Crippen LogP contribution in [0.25, 0.3) is 0 Å². The molecule has 4 rings (SSSR count). The first kappa shape index (κ1) is 13.7. The number of hydrogen-bond acceptors (Lipinski definition) is 4. The van der Waals surface area contributed by atoms with Crippen LogP contribution in [0.2, 0.25) is 0 Å². The largest absolute Gasteiger partial charge is 0.494 e. The van der Waals surface area contributed by atoms with Crippen molar-refractivity contribution in [3.8, 4) is 5.88 Å². The highest BCUT2D eigenvalue weighted by atomic mass is 32.1. The molecule has 1 atom stereocenters. The van der Waals surface area contributed by atoms with E-state index in [1.807, 2.05) is 18.2 Å². The van der Waals surface area contributed by atoms with Crippen molar-refractivity contribution in [2.45, 2.75) is 31.3 Å². The number of rotatable bonds is 2. The van der Waals surface area contributed by atoms with Crippen LogP contribution in [0.4, 0.5) is 0 Å². The SMILES string of the molecule is O=c1[nH]c(=S)n(C2CC2)c(O)c1[C@H]1NCCc2ccccc21. The van der Waals surface area contributed by atoms with Crippen molar-refractivity contribution in [2.75, 3.05) is 6.54 Å². The first-order valence-electron chi connectivity index (χ1n) is 7.55. The molecule has 2 aromatic rings. The van der Waals surface area contributed by atoms with Crippen molar-refractivity contribution >= 4 is 12.2 Å². The van der Waals surface area contributed by atoms with Gasteiger partial charge < -0.3 is 10.4 Å². The smallest absolute Gasteiger partial charge is 0.260 e. The highest BCUT2D eigenvalue weighted by molar-refractivity contribution is 7.71. The van der Waals surface area contributed by atoms with E-state index in [2.05, 4.69) is 16.4 Å². The zero-order valence-electron chi connectivity index (χ0n) is 12.0. The summed E-state index contributed by atoms with van der Waals surface area (Å²) in [5.41, 5.74) is 2.32. The van der Waals surface area contributed by atoms with Gasteiger partial charge >= 0.3 is 0 Å². The van der Waals surface area contributed by atoms with Gasteiger partial charge in [0.15, 0.2) is 4.77 Å². The molecule has 1 aromatic carbocycles. The summed E-state index contributed by atoms with van der Waals surface area (Å²) in [7, 11) is 0. The van der Waals surface area contributed by atoms with E-state index in [1.165, 1.54) is 5.56 Å². The average molecular weight is 315 g/mol. The van der Waals surface area contributed by atoms with Crippen molar-refractivity contribution < 1.29 is 5.11 Å². The minimum absolute atomic E-state index is 0.00505. The number of aromatic hydroxyl groups is 1. The molecule has 6 heteroatoms. The van der Waals surface area contributed by atoms with Crippen LogP contribution in [0, 0.1) is 4.77 Å². The molecule has 3 N–H and O–H groups in total. The molecule has 1 fully saturated rings. The zero-order valence-corrected chi connectivity index (χ0v) is 12.8. The molecular formula is C16H17N3O2S. The fourth-order valence-electron chi connectivity index (χ4n) is 3.25. The summed E-state index contributed by atoms with van der Waals surface area (Å²) < 4.78 is 1.99. The molecule has 0 amide bonds. The molecule has 2 heterocycles. The van der Waals surface area contributed by atoms with Crippen molar-refractivity contribution in [1.82, 2.24) is 14.9 Å². The minimum atomic E-state index is -0.311. The van der Waals surface area contributed by atoms with Crippen molar-refractivity contribution in [1.29, 1.82) is 0 Å². The number of hydrogen-bond donors (Lipinski definition) is 3. The van der Waals surface area contributed by atoms with E-state index in [0.717, 1.165) is 31.4 Å². The molecule has 1 aromatic heterocycles. The monoisotopic (exact) mass is 315 g/mol. The Labute approximate surface area is 132 Å². The Balaban J connectivity index is 1.93. The number of aromatic amines is 1. The predicted molar refractivity (Wildman–Crippen MR) is 85.8 cm³/mol. The number of nitrogens with one attached hydrogen (secondary N) is 2. The van der Waals surface area contributed by atoms with Gasteiger partial charge in [0.1, 0.15) is 0 Å². The second-order valence-electron chi connectivity index (χ2n) is 5.93. The predicted octanol–water partition coefficient (Wildman–Crippen LogP) is 2.18. The van der Waals surface area contributed by atoms with E-state index in [-0.39, 0.29) is 23.5 Å². The van der Waals surface area contributed by atoms with E-state index in [1.54, 1.807) is 4.57 Å². The normalized spacial score (nSPS) is 20.6. The first-order chi connectivity index (χ1) is 10.7. The molecule has 0 radical (unpaired) electrons. The van der Waals surface area contributed by atoms with Gasteiger partial charge in [0.2, 0.25) is 5.88 Å². The summed E-state index contributed by atoms with van der Waals surface area (Å²) in [5.74, 6) is 0.00505. The molecule has 1 aliphatic carbocycles. The molecular weight excluding hydrogens is 298 g/mol. The Morgan fingerprint density at radius 2 is 2.05 bits per heavy atom. The molecule has 5 nitrogen and oxygen atoms in total. The van der Waals surface area contributed by atoms with Gasteiger partial charge in [-0.2, -0.15) is 0 Å². The Morgan fingerprint density at radius 1 is 1.27 bits per heavy atom. The van der Waals surface area contributed by atoms with Crippen molar-refractivity contribution in [3.05, 3.63) is 56.1 Å². The lowest BCUT2D eigenvalue weighted by Gasteiger charge is -2.27. The molecule has 2 aliphatic rings. The molecule has 0 spiro atoms. The van der Waals surface area contributed by atoms with Gasteiger partial charge in [0.25, 0.3) is 5.56 Å². The third kappa shape index (κ3) is 2.10. The maximum absolute atomic E-state index is 12.4. The third-order valence-corrected chi connectivity index (χ3v) is 4.76. The highest BCUT2D eigenvalue weighted by Gasteiger charge is 2.32. The lowest BCUT2D eigenvalue weighted by Crippen LogP contribution is -2.35. The molecule has 1 saturated carbocycles. The Morgan fingerprint density at radius 3 is 2.82 bits per heavy atom. The van der Waals surface area contributed by atoms with Gasteiger partial charge in [-0.05, 0) is 42.6 Å². The quantitative estimate of drug-likeness (QED) is 0.743. The summed E-state index contributed by atoms with van der Waals surface area (Å²) in [4.78, 5) is 15.1. The van der Waals surface area contributed by atoms with E-state index < -0.39 is 0 Å². The minimum Gasteiger partial charge on any atom is -0.494 e. The van der Waals surface area contributed by atoms with Crippen LogP contribution in [-0.4, -0.2) is 21.2 Å². The highest BCUT2D eigenvalue weighted by Crippen LogP contribution is 2.40. The fraction of sp³-hybridized carbons (Fsp3) is 0.375. The van der Waals surface area contributed by atoms with Crippen LogP contribution in [0.5, 0.6) is 5.88 Å². The van der Waals surface area contributed by atoms with Crippen LogP contribution in [0.15, 0.2) is 29.1 Å². The molecule has 0 saturated heterocycles. The summed E-state index contributed by atoms with van der Waals surface area (Å²) in [6, 6.07) is 7.96. The number of nitrogens with zero attached hydrogens (tertiary/aromatic N) is 1. The maximum Gasteiger partial charge on any atom is 0.260 e. The second-order valence-corrected chi connectivity index (χ2v) is 6.32. The number of fused-ring (bicyclic) bond motifs is 1. The van der Waals surface area contributed by atoms with Gasteiger partial charge in [0.05, 0.1) is 11.6 Å². The maximum atomic E-state index is 12.4. The van der Waals surface area contributed by atoms with Crippen molar-refractivity contribution in [2.24, 2.45) is 0 Å². The van der Waals surface area contributed by atoms with E-state index in [4.69, 9.17) is 12.2 Å². The molecule has 114 valence electrons. The second kappa shape index (κ2) is 5.07. The van der Waals surface area contributed by atoms with Crippen LogP contribution >= 0.6 is 12.2 Å². The van der Waals surface area contributed by atoms with Gasteiger partial charge in [-0.15, -0.1) is 0 Å². The van der Waals surface area contributed by atoms with Crippen LogP contribution in [0.1, 0.15) is 41.6 Å². The Hall–Kier alpha value is -1.92. The fourth-order valence-corrected chi connectivity index (χ4v) is 3.57. The lowest BCUT2D eigenvalue weighted by molar-refractivity contribution is 0.388. The van der Waals surface area contributed by atoms with Gasteiger partial charge in [-0.25, -0.2) is 0 Å². The summed E-state index contributed by atoms with van der Waals surface area (Å²) >= 11 is 5.21. The number of aromatic nitrogens is 2. The van der Waals surface area contributed by atoms with Gasteiger partial charge in [-0.3, -0.25) is 14.3 Å². The number of benzene rings is 1. The summed E-state index contributed by atoms with van der Waals surface area (Å²) in [6.07, 6.45) is 2.90. The van der Waals surface area contributed by atoms with E-state index in [9.17, 15) is 9.90 Å². The lowest BCUT2D eigenvalue weighted by atomic mass is 9.91. The van der Waals surface area contributed by atoms with Crippen LogP contribution in [0.3, 0.4) is 0 Å². The molecule has 0 unspecified atom stereocenters. The van der Waals surface area contributed by atoms with E-state index >= 15 is 0 Å². The average Bonchev–Trinajstić information content (AvgIpc) is 3.32. The molecule has 22 heavy (non-hydrogen) atoms. The summed E-state index contributed by atoms with van der Waals surface area (Å²) in [6.45, 7) is 0.777. The van der Waals surface area contributed by atoms with E-state index in [0.29, 0.717) is 10.3 Å². The number of H-pyrrole nitrogens is 1. The molecule has 0 bridgehead atoms. The van der Waals surface area contributed by atoms with Gasteiger partial charge in [0, 0.05) is 12.6 Å². The standard InChI is InChI=1S/C16H17N3O2S/c20-14-12(15(21)19(10-5-6-10)16(22)18-14)13-11-4-2-1-3-9(11)7-8-17-13/h1-4,10,13,17,21H,5-8H2,(H,18,20,22)/t13-/m0/s1. The van der Waals surface area contributed by atoms with Crippen LogP contribution in [-0.2, 0) is 6.42 Å². The topological polar surface area (TPSA) is 70.0 Å². The summed E-state index contributed by atoms with van der Waals surface area (Å²) in [5, 5.41) is 14.0.